The smallest absolute Gasteiger partial charge is 0.399 e. The number of carbonyl (C=O) groups excluding carboxylic acids is 1. The van der Waals surface area contributed by atoms with E-state index in [0.717, 1.165) is 30.9 Å². The van der Waals surface area contributed by atoms with Crippen LogP contribution in [0.2, 0.25) is 0 Å². The molecule has 0 spiro atoms. The van der Waals surface area contributed by atoms with Crippen molar-refractivity contribution in [2.45, 2.75) is 25.1 Å². The molecule has 4 rings (SSSR count). The molecule has 0 amide bonds. The van der Waals surface area contributed by atoms with Crippen molar-refractivity contribution >= 4 is 29.0 Å². The van der Waals surface area contributed by atoms with Gasteiger partial charge in [-0.1, -0.05) is 18.2 Å². The first-order valence-electron chi connectivity index (χ1n) is 10.5. The second-order valence-corrected chi connectivity index (χ2v) is 9.24. The summed E-state index contributed by atoms with van der Waals surface area (Å²) in [5.41, 5.74) is 7.65. The number of benzene rings is 2. The van der Waals surface area contributed by atoms with E-state index in [0.29, 0.717) is 34.2 Å². The summed E-state index contributed by atoms with van der Waals surface area (Å²) in [5.74, 6) is 0. The molecule has 2 N–H and O–H groups in total. The first kappa shape index (κ1) is 24.7. The van der Waals surface area contributed by atoms with Crippen LogP contribution in [0.5, 0.6) is 0 Å². The summed E-state index contributed by atoms with van der Waals surface area (Å²) >= 11 is 1.18. The Kier molecular flexibility index (Phi) is 8.10. The third kappa shape index (κ3) is 7.03. The topological polar surface area (TPSA) is 62.5 Å². The zero-order valence-electron chi connectivity index (χ0n) is 18.5. The first-order chi connectivity index (χ1) is 15.7. The molecule has 2 heterocycles. The van der Waals surface area contributed by atoms with Gasteiger partial charge in [0, 0.05) is 43.1 Å². The van der Waals surface area contributed by atoms with Gasteiger partial charge in [0.1, 0.15) is 0 Å². The lowest BCUT2D eigenvalue weighted by Crippen LogP contribution is -2.31. The number of hydrogen-bond donors (Lipinski definition) is 1. The van der Waals surface area contributed by atoms with Gasteiger partial charge in [0.25, 0.3) is 0 Å². The lowest BCUT2D eigenvalue weighted by Gasteiger charge is -2.21. The van der Waals surface area contributed by atoms with Crippen molar-refractivity contribution in [3.8, 4) is 0 Å². The summed E-state index contributed by atoms with van der Waals surface area (Å²) in [4.78, 5) is 19.7. The maximum absolute atomic E-state index is 12.5. The molecule has 9 heteroatoms. The standard InChI is InChI=1S/C12H8F3NOS.C12H19N3/c13-12(14,15)9-3-1-2-8(4-9)5-11-16-6-10(7-17)18-11;1-14(2)12-7-8-15(9-12)11-5-3-10(13)4-6-11/h1-4,6-7H,5H2;3-6,12H,7-9,13H2,1-2H3. The van der Waals surface area contributed by atoms with E-state index in [-0.39, 0.29) is 0 Å². The van der Waals surface area contributed by atoms with Crippen LogP contribution >= 0.6 is 11.3 Å². The maximum Gasteiger partial charge on any atom is 0.416 e. The van der Waals surface area contributed by atoms with Gasteiger partial charge in [-0.05, 0) is 56.4 Å². The van der Waals surface area contributed by atoms with E-state index in [4.69, 9.17) is 5.73 Å². The van der Waals surface area contributed by atoms with Crippen molar-refractivity contribution in [3.63, 3.8) is 0 Å². The summed E-state index contributed by atoms with van der Waals surface area (Å²) in [7, 11) is 4.30. The highest BCUT2D eigenvalue weighted by molar-refractivity contribution is 7.13. The maximum atomic E-state index is 12.5. The summed E-state index contributed by atoms with van der Waals surface area (Å²) in [6, 6.07) is 13.9. The predicted molar refractivity (Wildman–Crippen MR) is 127 cm³/mol. The molecule has 2 aromatic carbocycles. The lowest BCUT2D eigenvalue weighted by molar-refractivity contribution is -0.137. The van der Waals surface area contributed by atoms with Crippen molar-refractivity contribution in [3.05, 3.63) is 75.7 Å². The number of anilines is 2. The van der Waals surface area contributed by atoms with Gasteiger partial charge in [0.05, 0.1) is 15.4 Å². The molecule has 1 fully saturated rings. The number of nitrogen functional groups attached to an aromatic ring is 1. The minimum Gasteiger partial charge on any atom is -0.399 e. The summed E-state index contributed by atoms with van der Waals surface area (Å²) in [5, 5.41) is 0.622. The number of hydrogen-bond acceptors (Lipinski definition) is 6. The average Bonchev–Trinajstić information content (AvgIpc) is 3.44. The Labute approximate surface area is 195 Å². The molecule has 3 aromatic rings. The number of thiazole rings is 1. The molecular weight excluding hydrogens is 449 g/mol. The van der Waals surface area contributed by atoms with Crippen LogP contribution in [0.25, 0.3) is 0 Å². The molecule has 1 aromatic heterocycles. The zero-order chi connectivity index (χ0) is 24.0. The summed E-state index contributed by atoms with van der Waals surface area (Å²) in [6.45, 7) is 2.27. The van der Waals surface area contributed by atoms with Gasteiger partial charge in [0.2, 0.25) is 0 Å². The number of aldehydes is 1. The SMILES string of the molecule is CN(C)C1CCN(c2ccc(N)cc2)C1.O=Cc1cnc(Cc2cccc(C(F)(F)F)c2)s1. The Balaban J connectivity index is 0.000000189. The molecule has 1 atom stereocenters. The normalized spacial score (nSPS) is 15.9. The highest BCUT2D eigenvalue weighted by atomic mass is 32.1. The van der Waals surface area contributed by atoms with Crippen LogP contribution in [-0.2, 0) is 12.6 Å². The Hall–Kier alpha value is -2.91. The van der Waals surface area contributed by atoms with Crippen LogP contribution < -0.4 is 10.6 Å². The first-order valence-corrected chi connectivity index (χ1v) is 11.3. The number of rotatable bonds is 5. The quantitative estimate of drug-likeness (QED) is 0.416. The molecular formula is C24H27F3N4OS. The third-order valence-corrected chi connectivity index (χ3v) is 6.37. The van der Waals surface area contributed by atoms with Gasteiger partial charge in [-0.25, -0.2) is 4.98 Å². The van der Waals surface area contributed by atoms with Gasteiger partial charge < -0.3 is 15.5 Å². The third-order valence-electron chi connectivity index (χ3n) is 5.45. The summed E-state index contributed by atoms with van der Waals surface area (Å²) < 4.78 is 37.5. The van der Waals surface area contributed by atoms with Crippen LogP contribution in [0.1, 0.15) is 32.2 Å². The lowest BCUT2D eigenvalue weighted by atomic mass is 10.1. The predicted octanol–water partition coefficient (Wildman–Crippen LogP) is 4.97. The molecule has 1 saturated heterocycles. The fraction of sp³-hybridized carbons (Fsp3) is 0.333. The number of alkyl halides is 3. The number of nitrogens with zero attached hydrogens (tertiary/aromatic N) is 3. The molecule has 5 nitrogen and oxygen atoms in total. The fourth-order valence-corrected chi connectivity index (χ4v) is 4.35. The van der Waals surface area contributed by atoms with E-state index in [9.17, 15) is 18.0 Å². The Bertz CT molecular complexity index is 1050. The van der Waals surface area contributed by atoms with Crippen molar-refractivity contribution in [1.82, 2.24) is 9.88 Å². The fourth-order valence-electron chi connectivity index (χ4n) is 3.58. The Morgan fingerprint density at radius 3 is 2.52 bits per heavy atom. The monoisotopic (exact) mass is 476 g/mol. The van der Waals surface area contributed by atoms with E-state index in [2.05, 4.69) is 41.0 Å². The molecule has 0 saturated carbocycles. The molecule has 0 radical (unpaired) electrons. The number of aromatic nitrogens is 1. The summed E-state index contributed by atoms with van der Waals surface area (Å²) in [6.07, 6.45) is -0.708. The van der Waals surface area contributed by atoms with Gasteiger partial charge in [-0.3, -0.25) is 4.79 Å². The van der Waals surface area contributed by atoms with Crippen molar-refractivity contribution in [2.75, 3.05) is 37.8 Å². The molecule has 176 valence electrons. The number of likely N-dealkylation sites (N-methyl/N-ethyl adjacent to an activating group) is 1. The van der Waals surface area contributed by atoms with Gasteiger partial charge >= 0.3 is 6.18 Å². The van der Waals surface area contributed by atoms with Crippen molar-refractivity contribution < 1.29 is 18.0 Å². The van der Waals surface area contributed by atoms with E-state index >= 15 is 0 Å². The number of nitrogens with two attached hydrogens (primary N) is 1. The average molecular weight is 477 g/mol. The van der Waals surface area contributed by atoms with Crippen LogP contribution in [-0.4, -0.2) is 49.4 Å². The molecule has 1 unspecified atom stereocenters. The van der Waals surface area contributed by atoms with E-state index in [1.165, 1.54) is 35.7 Å². The van der Waals surface area contributed by atoms with Crippen molar-refractivity contribution in [1.29, 1.82) is 0 Å². The highest BCUT2D eigenvalue weighted by Gasteiger charge is 2.30. The minimum absolute atomic E-state index is 0.294. The molecule has 0 aliphatic carbocycles. The van der Waals surface area contributed by atoms with Crippen LogP contribution in [0, 0.1) is 0 Å². The van der Waals surface area contributed by atoms with Crippen molar-refractivity contribution in [2.24, 2.45) is 0 Å². The van der Waals surface area contributed by atoms with Crippen LogP contribution in [0.3, 0.4) is 0 Å². The largest absolute Gasteiger partial charge is 0.416 e. The van der Waals surface area contributed by atoms with Crippen LogP contribution in [0.4, 0.5) is 24.5 Å². The second kappa shape index (κ2) is 10.8. The van der Waals surface area contributed by atoms with Gasteiger partial charge in [-0.2, -0.15) is 13.2 Å². The molecule has 33 heavy (non-hydrogen) atoms. The second-order valence-electron chi connectivity index (χ2n) is 8.09. The minimum atomic E-state index is -4.34. The molecule has 1 aliphatic rings. The Morgan fingerprint density at radius 1 is 1.21 bits per heavy atom. The number of halogens is 3. The van der Waals surface area contributed by atoms with Crippen LogP contribution in [0.15, 0.2) is 54.7 Å². The van der Waals surface area contributed by atoms with E-state index < -0.39 is 11.7 Å². The molecule has 1 aliphatic heterocycles. The van der Waals surface area contributed by atoms with E-state index in [1.54, 1.807) is 6.07 Å². The zero-order valence-corrected chi connectivity index (χ0v) is 19.4. The Morgan fingerprint density at radius 2 is 1.94 bits per heavy atom. The van der Waals surface area contributed by atoms with Gasteiger partial charge in [-0.15, -0.1) is 11.3 Å². The number of carbonyl (C=O) groups is 1. The molecule has 0 bridgehead atoms. The van der Waals surface area contributed by atoms with Gasteiger partial charge in [0.15, 0.2) is 6.29 Å². The highest BCUT2D eigenvalue weighted by Crippen LogP contribution is 2.30. The van der Waals surface area contributed by atoms with E-state index in [1.807, 2.05) is 12.1 Å².